The molecule has 0 saturated heterocycles. The van der Waals surface area contributed by atoms with E-state index in [1.165, 1.54) is 10.4 Å². The van der Waals surface area contributed by atoms with Gasteiger partial charge in [0.1, 0.15) is 0 Å². The Morgan fingerprint density at radius 1 is 1.50 bits per heavy atom. The topological polar surface area (TPSA) is 41.1 Å². The van der Waals surface area contributed by atoms with E-state index in [4.69, 9.17) is 0 Å². The molecular weight excluding hydrogens is 244 g/mol. The van der Waals surface area contributed by atoms with E-state index in [0.717, 1.165) is 13.0 Å². The molecule has 0 radical (unpaired) electrons. The number of carbonyl (C=O) groups is 1. The molecule has 0 saturated carbocycles. The molecule has 0 aromatic carbocycles. The van der Waals surface area contributed by atoms with Gasteiger partial charge in [-0.05, 0) is 51.1 Å². The van der Waals surface area contributed by atoms with Gasteiger partial charge in [-0.15, -0.1) is 11.3 Å². The SMILES string of the molecule is CCC(C)(C)NC(=O)C(C)NCc1sccc1C. The van der Waals surface area contributed by atoms with E-state index >= 15 is 0 Å². The Morgan fingerprint density at radius 2 is 2.17 bits per heavy atom. The van der Waals surface area contributed by atoms with Crippen LogP contribution in [-0.4, -0.2) is 17.5 Å². The van der Waals surface area contributed by atoms with Crippen molar-refractivity contribution in [2.75, 3.05) is 0 Å². The van der Waals surface area contributed by atoms with Crippen molar-refractivity contribution >= 4 is 17.2 Å². The lowest BCUT2D eigenvalue weighted by Gasteiger charge is -2.26. The van der Waals surface area contributed by atoms with Crippen molar-refractivity contribution in [3.05, 3.63) is 21.9 Å². The van der Waals surface area contributed by atoms with Gasteiger partial charge in [-0.2, -0.15) is 0 Å². The van der Waals surface area contributed by atoms with Crippen LogP contribution < -0.4 is 10.6 Å². The van der Waals surface area contributed by atoms with E-state index in [-0.39, 0.29) is 17.5 Å². The molecule has 1 aromatic heterocycles. The normalized spacial score (nSPS) is 13.4. The predicted molar refractivity (Wildman–Crippen MR) is 77.9 cm³/mol. The lowest BCUT2D eigenvalue weighted by atomic mass is 10.0. The maximum atomic E-state index is 12.0. The molecule has 102 valence electrons. The van der Waals surface area contributed by atoms with Crippen LogP contribution in [0.25, 0.3) is 0 Å². The van der Waals surface area contributed by atoms with E-state index < -0.39 is 0 Å². The van der Waals surface area contributed by atoms with Gasteiger partial charge in [0.25, 0.3) is 0 Å². The number of carbonyl (C=O) groups excluding carboxylic acids is 1. The zero-order valence-electron chi connectivity index (χ0n) is 12.0. The van der Waals surface area contributed by atoms with Crippen molar-refractivity contribution in [2.45, 2.75) is 59.2 Å². The maximum absolute atomic E-state index is 12.0. The number of rotatable bonds is 6. The summed E-state index contributed by atoms with van der Waals surface area (Å²) in [6, 6.07) is 1.93. The van der Waals surface area contributed by atoms with Crippen LogP contribution >= 0.6 is 11.3 Å². The first-order valence-corrected chi connectivity index (χ1v) is 7.32. The zero-order valence-corrected chi connectivity index (χ0v) is 12.8. The minimum atomic E-state index is -0.169. The molecule has 1 atom stereocenters. The minimum absolute atomic E-state index is 0.0658. The summed E-state index contributed by atoms with van der Waals surface area (Å²) in [5, 5.41) is 8.40. The van der Waals surface area contributed by atoms with Crippen LogP contribution in [0.2, 0.25) is 0 Å². The Balaban J connectivity index is 2.43. The number of thiophene rings is 1. The quantitative estimate of drug-likeness (QED) is 0.833. The first kappa shape index (κ1) is 15.2. The number of hydrogen-bond donors (Lipinski definition) is 2. The van der Waals surface area contributed by atoms with Crippen LogP contribution in [0.5, 0.6) is 0 Å². The van der Waals surface area contributed by atoms with Crippen molar-refractivity contribution in [3.63, 3.8) is 0 Å². The van der Waals surface area contributed by atoms with Crippen molar-refractivity contribution in [3.8, 4) is 0 Å². The molecule has 0 aliphatic heterocycles. The van der Waals surface area contributed by atoms with Gasteiger partial charge in [0.05, 0.1) is 6.04 Å². The monoisotopic (exact) mass is 268 g/mol. The van der Waals surface area contributed by atoms with Crippen LogP contribution in [0.1, 0.15) is 44.6 Å². The smallest absolute Gasteiger partial charge is 0.237 e. The lowest BCUT2D eigenvalue weighted by Crippen LogP contribution is -2.50. The van der Waals surface area contributed by atoms with Crippen molar-refractivity contribution in [2.24, 2.45) is 0 Å². The Bertz CT molecular complexity index is 398. The van der Waals surface area contributed by atoms with E-state index in [1.54, 1.807) is 11.3 Å². The van der Waals surface area contributed by atoms with Gasteiger partial charge in [-0.3, -0.25) is 4.79 Å². The van der Waals surface area contributed by atoms with Gasteiger partial charge in [0.2, 0.25) is 5.91 Å². The summed E-state index contributed by atoms with van der Waals surface area (Å²) in [6.07, 6.45) is 0.926. The van der Waals surface area contributed by atoms with Gasteiger partial charge >= 0.3 is 0 Å². The lowest BCUT2D eigenvalue weighted by molar-refractivity contribution is -0.124. The third kappa shape index (κ3) is 4.42. The molecule has 3 nitrogen and oxygen atoms in total. The molecule has 0 aliphatic carbocycles. The second-order valence-electron chi connectivity index (χ2n) is 5.36. The largest absolute Gasteiger partial charge is 0.350 e. The molecule has 0 bridgehead atoms. The van der Waals surface area contributed by atoms with E-state index in [0.29, 0.717) is 0 Å². The number of hydrogen-bond acceptors (Lipinski definition) is 3. The van der Waals surface area contributed by atoms with E-state index in [2.05, 4.69) is 35.9 Å². The molecule has 2 N–H and O–H groups in total. The standard InChI is InChI=1S/C14H24N2OS/c1-6-14(4,5)16-13(17)11(3)15-9-12-10(2)7-8-18-12/h7-8,11,15H,6,9H2,1-5H3,(H,16,17). The molecular formula is C14H24N2OS. The van der Waals surface area contributed by atoms with Gasteiger partial charge < -0.3 is 10.6 Å². The van der Waals surface area contributed by atoms with Crippen LogP contribution in [-0.2, 0) is 11.3 Å². The van der Waals surface area contributed by atoms with Crippen LogP contribution in [0.4, 0.5) is 0 Å². The fraction of sp³-hybridized carbons (Fsp3) is 0.643. The highest BCUT2D eigenvalue weighted by Gasteiger charge is 2.21. The number of aryl methyl sites for hydroxylation is 1. The van der Waals surface area contributed by atoms with Gasteiger partial charge in [0, 0.05) is 17.0 Å². The van der Waals surface area contributed by atoms with Crippen LogP contribution in [0.15, 0.2) is 11.4 Å². The Morgan fingerprint density at radius 3 is 2.67 bits per heavy atom. The summed E-state index contributed by atoms with van der Waals surface area (Å²) in [5.41, 5.74) is 1.15. The van der Waals surface area contributed by atoms with Crippen molar-refractivity contribution < 1.29 is 4.79 Å². The summed E-state index contributed by atoms with van der Waals surface area (Å²) < 4.78 is 0. The molecule has 1 aromatic rings. The molecule has 1 amide bonds. The van der Waals surface area contributed by atoms with Crippen LogP contribution in [0, 0.1) is 6.92 Å². The first-order chi connectivity index (χ1) is 8.35. The second-order valence-corrected chi connectivity index (χ2v) is 6.36. The Labute approximate surface area is 114 Å². The van der Waals surface area contributed by atoms with Gasteiger partial charge in [0.15, 0.2) is 0 Å². The Kier molecular flexibility index (Phi) is 5.35. The van der Waals surface area contributed by atoms with E-state index in [1.807, 2.05) is 20.8 Å². The highest BCUT2D eigenvalue weighted by Crippen LogP contribution is 2.15. The molecule has 0 aliphatic rings. The molecule has 1 unspecified atom stereocenters. The third-order valence-corrected chi connectivity index (χ3v) is 4.30. The predicted octanol–water partition coefficient (Wildman–Crippen LogP) is 2.84. The van der Waals surface area contributed by atoms with Crippen LogP contribution in [0.3, 0.4) is 0 Å². The minimum Gasteiger partial charge on any atom is -0.350 e. The third-order valence-electron chi connectivity index (χ3n) is 3.28. The Hall–Kier alpha value is -0.870. The summed E-state index contributed by atoms with van der Waals surface area (Å²) in [6.45, 7) is 10.9. The average Bonchev–Trinajstić information content (AvgIpc) is 2.71. The van der Waals surface area contributed by atoms with E-state index in [9.17, 15) is 4.79 Å². The van der Waals surface area contributed by atoms with Gasteiger partial charge in [-0.25, -0.2) is 0 Å². The van der Waals surface area contributed by atoms with Gasteiger partial charge in [-0.1, -0.05) is 6.92 Å². The second kappa shape index (κ2) is 6.34. The fourth-order valence-corrected chi connectivity index (χ4v) is 2.31. The molecule has 0 fully saturated rings. The summed E-state index contributed by atoms with van der Waals surface area (Å²) in [7, 11) is 0. The van der Waals surface area contributed by atoms with Crippen molar-refractivity contribution in [1.82, 2.24) is 10.6 Å². The summed E-state index contributed by atoms with van der Waals surface area (Å²) in [4.78, 5) is 13.3. The maximum Gasteiger partial charge on any atom is 0.237 e. The molecule has 4 heteroatoms. The summed E-state index contributed by atoms with van der Waals surface area (Å²) in [5.74, 6) is 0.0658. The highest BCUT2D eigenvalue weighted by molar-refractivity contribution is 7.10. The highest BCUT2D eigenvalue weighted by atomic mass is 32.1. The fourth-order valence-electron chi connectivity index (χ4n) is 1.45. The van der Waals surface area contributed by atoms with Crippen molar-refractivity contribution in [1.29, 1.82) is 0 Å². The summed E-state index contributed by atoms with van der Waals surface area (Å²) >= 11 is 1.73. The first-order valence-electron chi connectivity index (χ1n) is 6.44. The molecule has 1 rings (SSSR count). The zero-order chi connectivity index (χ0) is 13.8. The molecule has 0 spiro atoms. The molecule has 18 heavy (non-hydrogen) atoms. The number of nitrogens with one attached hydrogen (secondary N) is 2. The average molecular weight is 268 g/mol. The number of amides is 1. The molecule has 1 heterocycles.